The lowest BCUT2D eigenvalue weighted by atomic mass is 9.98. The van der Waals surface area contributed by atoms with E-state index in [-0.39, 0.29) is 23.5 Å². The Morgan fingerprint density at radius 2 is 1.33 bits per heavy atom. The average Bonchev–Trinajstić information content (AvgIpc) is 3.37. The molecule has 2 amide bonds. The molecule has 0 radical (unpaired) electrons. The fraction of sp³-hybridized carbons (Fsp3) is 0.316. The predicted octanol–water partition coefficient (Wildman–Crippen LogP) is 6.74. The first-order valence-electron chi connectivity index (χ1n) is 15.9. The number of carbonyl (C=O) groups excluding carboxylic acids is 2. The van der Waals surface area contributed by atoms with Gasteiger partial charge in [-0.25, -0.2) is 10.3 Å². The second-order valence-corrected chi connectivity index (χ2v) is 19.6. The number of benzene rings is 4. The number of nitrogens with one attached hydrogen (secondary N) is 1. The predicted molar refractivity (Wildman–Crippen MR) is 189 cm³/mol. The van der Waals surface area contributed by atoms with Gasteiger partial charge in [-0.1, -0.05) is 130 Å². The van der Waals surface area contributed by atoms with E-state index in [0.29, 0.717) is 12.3 Å². The van der Waals surface area contributed by atoms with Crippen LogP contribution in [0, 0.1) is 0 Å². The van der Waals surface area contributed by atoms with E-state index in [2.05, 4.69) is 74.8 Å². The number of hydrogen-bond donors (Lipinski definition) is 1. The van der Waals surface area contributed by atoms with Crippen molar-refractivity contribution < 1.29 is 18.9 Å². The van der Waals surface area contributed by atoms with Crippen molar-refractivity contribution in [3.8, 4) is 11.1 Å². The van der Waals surface area contributed by atoms with E-state index in [1.807, 2.05) is 74.5 Å². The topological polar surface area (TPSA) is 67.9 Å². The zero-order valence-electron chi connectivity index (χ0n) is 27.2. The van der Waals surface area contributed by atoms with Crippen LogP contribution in [0.15, 0.2) is 109 Å². The van der Waals surface area contributed by atoms with Crippen molar-refractivity contribution in [3.63, 3.8) is 0 Å². The molecule has 238 valence electrons. The first kappa shape index (κ1) is 32.1. The molecule has 8 heteroatoms. The molecule has 2 aliphatic rings. The van der Waals surface area contributed by atoms with Gasteiger partial charge in [0.15, 0.2) is 0 Å². The van der Waals surface area contributed by atoms with Crippen LogP contribution in [0.4, 0.5) is 4.79 Å². The number of hydroxylamine groups is 1. The Kier molecular flexibility index (Phi) is 8.89. The highest BCUT2D eigenvalue weighted by Crippen LogP contribution is 2.45. The highest BCUT2D eigenvalue weighted by atomic mass is 32.2. The second-order valence-electron chi connectivity index (χ2n) is 13.6. The third kappa shape index (κ3) is 5.78. The molecule has 1 N–H and O–H groups in total. The second kappa shape index (κ2) is 12.7. The molecular weight excluding hydrogens is 609 g/mol. The molecule has 0 aromatic heterocycles. The first-order valence-corrected chi connectivity index (χ1v) is 18.8. The van der Waals surface area contributed by atoms with Crippen molar-refractivity contribution in [1.29, 1.82) is 0 Å². The molecule has 1 aliphatic carbocycles. The van der Waals surface area contributed by atoms with Gasteiger partial charge in [-0.2, -0.15) is 11.8 Å². The summed E-state index contributed by atoms with van der Waals surface area (Å²) in [6, 6.07) is 36.1. The van der Waals surface area contributed by atoms with Gasteiger partial charge in [0.1, 0.15) is 12.6 Å². The van der Waals surface area contributed by atoms with Crippen LogP contribution in [0.2, 0.25) is 5.04 Å². The Balaban J connectivity index is 1.25. The third-order valence-corrected chi connectivity index (χ3v) is 15.5. The monoisotopic (exact) mass is 650 g/mol. The van der Waals surface area contributed by atoms with Gasteiger partial charge in [0.25, 0.3) is 14.2 Å². The smallest absolute Gasteiger partial charge is 0.410 e. The van der Waals surface area contributed by atoms with Crippen molar-refractivity contribution in [3.05, 3.63) is 120 Å². The molecule has 6 rings (SSSR count). The first-order chi connectivity index (χ1) is 22.0. The summed E-state index contributed by atoms with van der Waals surface area (Å²) >= 11 is 1.68. The standard InChI is InChI=1S/C38H42N2O4SSi/c1-37(2,3)46(27-16-8-6-9-17-27,28-18-10-7-11-19-28)44-39-35(41)34-38(4,5)45-25-24-40(34)36(42)43-26-33-31-22-14-12-20-29(31)30-21-13-15-23-32(30)33/h6-23,33-34H,24-26H2,1-5H3,(H,39,41). The molecule has 46 heavy (non-hydrogen) atoms. The minimum absolute atomic E-state index is 0.0608. The SMILES string of the molecule is CC1(C)SCCN(C(=O)OCC2c3ccccc3-c3ccccc32)C1C(=O)NO[Si](c1ccccc1)(c1ccccc1)C(C)(C)C. The number of nitrogens with zero attached hydrogens (tertiary/aromatic N) is 1. The fourth-order valence-electron chi connectivity index (χ4n) is 7.15. The largest absolute Gasteiger partial charge is 0.448 e. The Labute approximate surface area is 277 Å². The van der Waals surface area contributed by atoms with Crippen molar-refractivity contribution in [2.24, 2.45) is 0 Å². The van der Waals surface area contributed by atoms with E-state index < -0.39 is 25.2 Å². The summed E-state index contributed by atoms with van der Waals surface area (Å²) in [7, 11) is -3.05. The van der Waals surface area contributed by atoms with Gasteiger partial charge in [-0.05, 0) is 51.5 Å². The number of ether oxygens (including phenoxy) is 1. The van der Waals surface area contributed by atoms with Crippen LogP contribution < -0.4 is 15.9 Å². The Hall–Kier alpha value is -3.85. The molecule has 0 bridgehead atoms. The van der Waals surface area contributed by atoms with Gasteiger partial charge in [0.05, 0.1) is 0 Å². The fourth-order valence-corrected chi connectivity index (χ4v) is 12.5. The Bertz CT molecular complexity index is 1620. The summed E-state index contributed by atoms with van der Waals surface area (Å²) in [4.78, 5) is 29.7. The van der Waals surface area contributed by atoms with Crippen LogP contribution in [0.5, 0.6) is 0 Å². The lowest BCUT2D eigenvalue weighted by Gasteiger charge is -2.45. The number of fused-ring (bicyclic) bond motifs is 3. The molecule has 4 aromatic rings. The lowest BCUT2D eigenvalue weighted by molar-refractivity contribution is -0.134. The zero-order chi connectivity index (χ0) is 32.5. The summed E-state index contributed by atoms with van der Waals surface area (Å²) < 4.78 is 12.3. The quantitative estimate of drug-likeness (QED) is 0.177. The molecule has 4 aromatic carbocycles. The minimum Gasteiger partial charge on any atom is -0.448 e. The maximum Gasteiger partial charge on any atom is 0.410 e. The molecule has 1 atom stereocenters. The number of rotatable bonds is 7. The molecule has 0 saturated carbocycles. The Morgan fingerprint density at radius 1 is 0.826 bits per heavy atom. The molecule has 1 fully saturated rings. The number of hydrogen-bond acceptors (Lipinski definition) is 5. The van der Waals surface area contributed by atoms with Crippen LogP contribution >= 0.6 is 11.8 Å². The maximum absolute atomic E-state index is 14.3. The van der Waals surface area contributed by atoms with Gasteiger partial charge in [0.2, 0.25) is 0 Å². The van der Waals surface area contributed by atoms with Crippen LogP contribution in [-0.2, 0) is 14.1 Å². The van der Waals surface area contributed by atoms with E-state index in [9.17, 15) is 9.59 Å². The number of amides is 2. The van der Waals surface area contributed by atoms with Crippen LogP contribution in [0.3, 0.4) is 0 Å². The van der Waals surface area contributed by atoms with E-state index >= 15 is 0 Å². The van der Waals surface area contributed by atoms with Gasteiger partial charge >= 0.3 is 6.09 Å². The van der Waals surface area contributed by atoms with Crippen molar-refractivity contribution >= 4 is 42.5 Å². The summed E-state index contributed by atoms with van der Waals surface area (Å²) in [5.41, 5.74) is 7.57. The van der Waals surface area contributed by atoms with Crippen LogP contribution in [0.25, 0.3) is 11.1 Å². The summed E-state index contributed by atoms with van der Waals surface area (Å²) in [6.45, 7) is 11.1. The molecule has 1 aliphatic heterocycles. The highest BCUT2D eigenvalue weighted by Gasteiger charge is 2.53. The van der Waals surface area contributed by atoms with Crippen LogP contribution in [0.1, 0.15) is 51.7 Å². The van der Waals surface area contributed by atoms with E-state index in [0.717, 1.165) is 21.5 Å². The summed E-state index contributed by atoms with van der Waals surface area (Å²) in [6.07, 6.45) is -0.485. The number of carbonyl (C=O) groups is 2. The van der Waals surface area contributed by atoms with Crippen molar-refractivity contribution in [1.82, 2.24) is 10.4 Å². The Morgan fingerprint density at radius 3 is 1.85 bits per heavy atom. The normalized spacial score (nSPS) is 17.6. The van der Waals surface area contributed by atoms with Gasteiger partial charge in [-0.15, -0.1) is 0 Å². The van der Waals surface area contributed by atoms with Gasteiger partial charge < -0.3 is 9.26 Å². The molecule has 0 spiro atoms. The average molecular weight is 651 g/mol. The van der Waals surface area contributed by atoms with Crippen molar-refractivity contribution in [2.75, 3.05) is 18.9 Å². The molecular formula is C38H42N2O4SSi. The molecule has 6 nitrogen and oxygen atoms in total. The van der Waals surface area contributed by atoms with Gasteiger partial charge in [-0.3, -0.25) is 9.69 Å². The molecule has 1 unspecified atom stereocenters. The lowest BCUT2D eigenvalue weighted by Crippen LogP contribution is -2.70. The summed E-state index contributed by atoms with van der Waals surface area (Å²) in [5.74, 6) is 0.296. The van der Waals surface area contributed by atoms with E-state index in [1.54, 1.807) is 16.7 Å². The van der Waals surface area contributed by atoms with Gasteiger partial charge in [0, 0.05) is 23.0 Å². The zero-order valence-corrected chi connectivity index (χ0v) is 29.0. The van der Waals surface area contributed by atoms with Crippen LogP contribution in [-0.4, -0.2) is 54.9 Å². The van der Waals surface area contributed by atoms with E-state index in [1.165, 1.54) is 11.1 Å². The minimum atomic E-state index is -3.05. The van der Waals surface area contributed by atoms with Crippen molar-refractivity contribution in [2.45, 2.75) is 56.4 Å². The highest BCUT2D eigenvalue weighted by molar-refractivity contribution is 8.00. The van der Waals surface area contributed by atoms with E-state index in [4.69, 9.17) is 9.26 Å². The summed E-state index contributed by atoms with van der Waals surface area (Å²) in [5, 5.41) is 1.78. The molecule has 1 saturated heterocycles. The number of thioether (sulfide) groups is 1. The third-order valence-electron chi connectivity index (χ3n) is 9.32. The maximum atomic E-state index is 14.3. The molecule has 1 heterocycles.